The van der Waals surface area contributed by atoms with Crippen molar-refractivity contribution in [2.75, 3.05) is 0 Å². The van der Waals surface area contributed by atoms with Crippen molar-refractivity contribution in [3.05, 3.63) is 53.1 Å². The summed E-state index contributed by atoms with van der Waals surface area (Å²) in [6.45, 7) is 1.91. The molecule has 20 heavy (non-hydrogen) atoms. The van der Waals surface area contributed by atoms with Crippen molar-refractivity contribution in [2.24, 2.45) is 0 Å². The Morgan fingerprint density at radius 2 is 1.60 bits per heavy atom. The van der Waals surface area contributed by atoms with Crippen molar-refractivity contribution in [2.45, 2.75) is 21.6 Å². The monoisotopic (exact) mass is 330 g/mol. The summed E-state index contributed by atoms with van der Waals surface area (Å²) in [7, 11) is -5.99. The molecule has 0 aliphatic heterocycles. The predicted octanol–water partition coefficient (Wildman–Crippen LogP) is 3.06. The molecule has 0 fully saturated rings. The van der Waals surface area contributed by atoms with Gasteiger partial charge in [-0.3, -0.25) is 4.55 Å². The third-order valence-electron chi connectivity index (χ3n) is 2.63. The van der Waals surface area contributed by atoms with Crippen LogP contribution < -0.4 is 0 Å². The first-order valence-corrected chi connectivity index (χ1v) is 8.51. The van der Waals surface area contributed by atoms with Gasteiger partial charge in [-0.05, 0) is 37.3 Å². The molecule has 106 valence electrons. The van der Waals surface area contributed by atoms with E-state index in [9.17, 15) is 12.6 Å². The highest BCUT2D eigenvalue weighted by Crippen LogP contribution is 2.26. The minimum atomic E-state index is -4.44. The molecular weight excluding hydrogens is 320 g/mol. The van der Waals surface area contributed by atoms with Crippen LogP contribution in [0.2, 0.25) is 5.02 Å². The summed E-state index contributed by atoms with van der Waals surface area (Å²) in [6, 6.07) is 10.9. The molecule has 1 atom stereocenters. The van der Waals surface area contributed by atoms with Gasteiger partial charge in [0.2, 0.25) is 0 Å². The number of hydrogen-bond acceptors (Lipinski definition) is 3. The van der Waals surface area contributed by atoms with Gasteiger partial charge >= 0.3 is 0 Å². The standard InChI is InChI=1S/C13H11ClO4S2/c1-9-2-4-10(5-3-9)19(15)11-6-7-12(14)13(8-11)20(16,17)18/h2-8H,1H3,(H,16,17,18). The van der Waals surface area contributed by atoms with E-state index in [0.29, 0.717) is 4.90 Å². The maximum Gasteiger partial charge on any atom is 0.296 e. The number of halogens is 1. The molecule has 0 bridgehead atoms. The van der Waals surface area contributed by atoms with Gasteiger partial charge in [0.05, 0.1) is 15.8 Å². The lowest BCUT2D eigenvalue weighted by molar-refractivity contribution is 0.483. The average molecular weight is 331 g/mol. The van der Waals surface area contributed by atoms with Gasteiger partial charge in [0.1, 0.15) is 4.90 Å². The number of hydrogen-bond donors (Lipinski definition) is 1. The quantitative estimate of drug-likeness (QED) is 0.878. The van der Waals surface area contributed by atoms with Gasteiger partial charge in [-0.15, -0.1) is 0 Å². The van der Waals surface area contributed by atoms with Crippen LogP contribution in [0.5, 0.6) is 0 Å². The van der Waals surface area contributed by atoms with Crippen molar-refractivity contribution in [1.82, 2.24) is 0 Å². The molecule has 0 aliphatic rings. The van der Waals surface area contributed by atoms with Gasteiger partial charge in [0.15, 0.2) is 0 Å². The Kier molecular flexibility index (Phi) is 4.29. The summed E-state index contributed by atoms with van der Waals surface area (Å²) >= 11 is 5.71. The Labute approximate surface area is 124 Å². The van der Waals surface area contributed by atoms with E-state index in [2.05, 4.69) is 0 Å². The van der Waals surface area contributed by atoms with E-state index in [0.717, 1.165) is 11.6 Å². The largest absolute Gasteiger partial charge is 0.296 e. The predicted molar refractivity (Wildman–Crippen MR) is 77.1 cm³/mol. The second kappa shape index (κ2) is 5.65. The SMILES string of the molecule is Cc1ccc(S(=O)c2ccc(Cl)c(S(=O)(=O)O)c2)cc1. The van der Waals surface area contributed by atoms with Crippen LogP contribution in [-0.4, -0.2) is 17.2 Å². The molecule has 0 heterocycles. The Balaban J connectivity index is 2.49. The molecule has 0 radical (unpaired) electrons. The summed E-state index contributed by atoms with van der Waals surface area (Å²) in [5.74, 6) is 0. The number of rotatable bonds is 3. The van der Waals surface area contributed by atoms with Crippen LogP contribution in [0.1, 0.15) is 5.56 Å². The van der Waals surface area contributed by atoms with Crippen LogP contribution in [0, 0.1) is 6.92 Å². The molecule has 1 unspecified atom stereocenters. The van der Waals surface area contributed by atoms with Crippen molar-refractivity contribution in [3.63, 3.8) is 0 Å². The van der Waals surface area contributed by atoms with E-state index < -0.39 is 25.8 Å². The van der Waals surface area contributed by atoms with Crippen molar-refractivity contribution in [3.8, 4) is 0 Å². The van der Waals surface area contributed by atoms with E-state index >= 15 is 0 Å². The molecule has 7 heteroatoms. The van der Waals surface area contributed by atoms with Gasteiger partial charge in [-0.25, -0.2) is 4.21 Å². The lowest BCUT2D eigenvalue weighted by Gasteiger charge is -2.06. The zero-order valence-electron chi connectivity index (χ0n) is 10.4. The Morgan fingerprint density at radius 1 is 1.05 bits per heavy atom. The summed E-state index contributed by atoms with van der Waals surface area (Å²) in [6.07, 6.45) is 0. The molecular formula is C13H11ClO4S2. The molecule has 2 rings (SSSR count). The Morgan fingerprint density at radius 3 is 2.15 bits per heavy atom. The Bertz CT molecular complexity index is 767. The first kappa shape index (κ1) is 15.2. The summed E-state index contributed by atoms with van der Waals surface area (Å²) in [5, 5.41) is -0.114. The summed E-state index contributed by atoms with van der Waals surface area (Å²) < 4.78 is 43.8. The van der Waals surface area contributed by atoms with Gasteiger partial charge in [-0.1, -0.05) is 29.3 Å². The highest BCUT2D eigenvalue weighted by Gasteiger charge is 2.17. The maximum absolute atomic E-state index is 12.3. The summed E-state index contributed by atoms with van der Waals surface area (Å²) in [4.78, 5) is 0.349. The van der Waals surface area contributed by atoms with Gasteiger partial charge in [0, 0.05) is 9.79 Å². The van der Waals surface area contributed by atoms with Crippen LogP contribution >= 0.6 is 11.6 Å². The van der Waals surface area contributed by atoms with Gasteiger partial charge in [-0.2, -0.15) is 8.42 Å². The smallest absolute Gasteiger partial charge is 0.282 e. The first-order valence-electron chi connectivity index (χ1n) is 5.54. The third-order valence-corrected chi connectivity index (χ3v) is 5.35. The van der Waals surface area contributed by atoms with Gasteiger partial charge < -0.3 is 0 Å². The molecule has 0 aromatic heterocycles. The Hall–Kier alpha value is -1.21. The lowest BCUT2D eigenvalue weighted by Crippen LogP contribution is -2.01. The second-order valence-corrected chi connectivity index (χ2v) is 7.43. The van der Waals surface area contributed by atoms with Crippen molar-refractivity contribution < 1.29 is 17.2 Å². The molecule has 2 aromatic carbocycles. The highest BCUT2D eigenvalue weighted by molar-refractivity contribution is 7.86. The number of benzene rings is 2. The van der Waals surface area contributed by atoms with Gasteiger partial charge in [0.25, 0.3) is 10.1 Å². The molecule has 0 aliphatic carbocycles. The fraction of sp³-hybridized carbons (Fsp3) is 0.0769. The van der Waals surface area contributed by atoms with Crippen LogP contribution in [0.15, 0.2) is 57.2 Å². The molecule has 2 aromatic rings. The molecule has 0 saturated carbocycles. The highest BCUT2D eigenvalue weighted by atomic mass is 35.5. The van der Waals surface area contributed by atoms with Crippen molar-refractivity contribution >= 4 is 32.5 Å². The lowest BCUT2D eigenvalue weighted by atomic mass is 10.2. The minimum Gasteiger partial charge on any atom is -0.282 e. The van der Waals surface area contributed by atoms with E-state index in [4.69, 9.17) is 16.2 Å². The molecule has 0 amide bonds. The van der Waals surface area contributed by atoms with E-state index in [1.807, 2.05) is 19.1 Å². The third kappa shape index (κ3) is 3.27. The van der Waals surface area contributed by atoms with E-state index in [-0.39, 0.29) is 9.92 Å². The zero-order chi connectivity index (χ0) is 14.9. The second-order valence-electron chi connectivity index (χ2n) is 4.15. The average Bonchev–Trinajstić information content (AvgIpc) is 2.38. The fourth-order valence-corrected chi connectivity index (χ4v) is 3.74. The minimum absolute atomic E-state index is 0.114. The normalized spacial score (nSPS) is 13.2. The van der Waals surface area contributed by atoms with E-state index in [1.54, 1.807) is 12.1 Å². The topological polar surface area (TPSA) is 71.4 Å². The maximum atomic E-state index is 12.3. The molecule has 1 N–H and O–H groups in total. The molecule has 0 spiro atoms. The molecule has 4 nitrogen and oxygen atoms in total. The van der Waals surface area contributed by atoms with Crippen LogP contribution in [-0.2, 0) is 20.9 Å². The zero-order valence-corrected chi connectivity index (χ0v) is 12.8. The van der Waals surface area contributed by atoms with Crippen LogP contribution in [0.4, 0.5) is 0 Å². The van der Waals surface area contributed by atoms with Crippen LogP contribution in [0.25, 0.3) is 0 Å². The summed E-state index contributed by atoms with van der Waals surface area (Å²) in [5.41, 5.74) is 1.03. The fourth-order valence-electron chi connectivity index (χ4n) is 1.59. The van der Waals surface area contributed by atoms with E-state index in [1.165, 1.54) is 12.1 Å². The van der Waals surface area contributed by atoms with Crippen LogP contribution in [0.3, 0.4) is 0 Å². The number of aryl methyl sites for hydroxylation is 1. The van der Waals surface area contributed by atoms with Crippen molar-refractivity contribution in [1.29, 1.82) is 0 Å². The first-order chi connectivity index (χ1) is 9.29. The molecule has 0 saturated heterocycles.